The van der Waals surface area contributed by atoms with Gasteiger partial charge in [-0.1, -0.05) is 29.8 Å². The van der Waals surface area contributed by atoms with Crippen LogP contribution >= 0.6 is 0 Å². The SMILES string of the molecule is Cc1ccc(COC(=O)N2CCC3(CC2)CN(C(=O)c2ccc4n[nH]nc4c2)C3)cc1. The maximum absolute atomic E-state index is 12.8. The number of carbonyl (C=O) groups excluding carboxylic acids is 2. The van der Waals surface area contributed by atoms with Crippen molar-refractivity contribution in [1.29, 1.82) is 0 Å². The lowest BCUT2D eigenvalue weighted by molar-refractivity contribution is -0.0319. The number of hydrogen-bond donors (Lipinski definition) is 1. The monoisotopic (exact) mass is 419 g/mol. The number of fused-ring (bicyclic) bond motifs is 1. The standard InChI is InChI=1S/C23H25N5O3/c1-16-2-4-17(5-3-16)13-31-22(30)27-10-8-23(9-11-27)14-28(15-23)21(29)18-6-7-19-20(12-18)25-26-24-19/h2-7,12H,8-11,13-15H2,1H3,(H,24,25,26). The maximum atomic E-state index is 12.8. The second-order valence-corrected chi connectivity index (χ2v) is 8.72. The average molecular weight is 419 g/mol. The predicted molar refractivity (Wildman–Crippen MR) is 114 cm³/mol. The van der Waals surface area contributed by atoms with E-state index in [0.29, 0.717) is 30.8 Å². The normalized spacial score (nSPS) is 17.6. The van der Waals surface area contributed by atoms with Gasteiger partial charge < -0.3 is 14.5 Å². The summed E-state index contributed by atoms with van der Waals surface area (Å²) >= 11 is 0. The van der Waals surface area contributed by atoms with Crippen LogP contribution < -0.4 is 0 Å². The van der Waals surface area contributed by atoms with Gasteiger partial charge in [0.2, 0.25) is 0 Å². The van der Waals surface area contributed by atoms with E-state index in [2.05, 4.69) is 15.4 Å². The minimum atomic E-state index is -0.261. The number of H-pyrrole nitrogens is 1. The Bertz CT molecular complexity index is 1110. The molecule has 2 aliphatic rings. The molecule has 0 unspecified atom stereocenters. The second-order valence-electron chi connectivity index (χ2n) is 8.72. The molecule has 2 amide bonds. The first kappa shape index (κ1) is 19.5. The van der Waals surface area contributed by atoms with Gasteiger partial charge in [0.1, 0.15) is 17.6 Å². The lowest BCUT2D eigenvalue weighted by atomic mass is 9.72. The number of likely N-dealkylation sites (tertiary alicyclic amines) is 2. The zero-order valence-electron chi connectivity index (χ0n) is 17.5. The smallest absolute Gasteiger partial charge is 0.410 e. The lowest BCUT2D eigenvalue weighted by Crippen LogP contribution is -2.62. The molecule has 1 aromatic heterocycles. The zero-order chi connectivity index (χ0) is 21.4. The Hall–Kier alpha value is -3.42. The molecule has 0 bridgehead atoms. The molecular weight excluding hydrogens is 394 g/mol. The Kier molecular flexibility index (Phi) is 4.84. The zero-order valence-corrected chi connectivity index (χ0v) is 17.5. The molecule has 3 heterocycles. The molecule has 5 rings (SSSR count). The second kappa shape index (κ2) is 7.68. The summed E-state index contributed by atoms with van der Waals surface area (Å²) in [7, 11) is 0. The van der Waals surface area contributed by atoms with E-state index in [-0.39, 0.29) is 17.4 Å². The average Bonchev–Trinajstić information content (AvgIpc) is 3.24. The largest absolute Gasteiger partial charge is 0.445 e. The molecular formula is C23H25N5O3. The number of nitrogens with zero attached hydrogens (tertiary/aromatic N) is 4. The van der Waals surface area contributed by atoms with Crippen molar-refractivity contribution in [2.24, 2.45) is 5.41 Å². The predicted octanol–water partition coefficient (Wildman–Crippen LogP) is 3.14. The fourth-order valence-corrected chi connectivity index (χ4v) is 4.46. The third-order valence-corrected chi connectivity index (χ3v) is 6.47. The molecule has 3 aromatic rings. The van der Waals surface area contributed by atoms with Crippen LogP contribution in [-0.4, -0.2) is 63.4 Å². The van der Waals surface area contributed by atoms with E-state index < -0.39 is 0 Å². The number of carbonyl (C=O) groups is 2. The molecule has 2 aliphatic heterocycles. The van der Waals surface area contributed by atoms with E-state index in [1.807, 2.05) is 42.2 Å². The summed E-state index contributed by atoms with van der Waals surface area (Å²) in [6, 6.07) is 13.4. The number of benzene rings is 2. The fraction of sp³-hybridized carbons (Fsp3) is 0.391. The highest BCUT2D eigenvalue weighted by atomic mass is 16.6. The van der Waals surface area contributed by atoms with Gasteiger partial charge in [-0.3, -0.25) is 4.79 Å². The molecule has 2 saturated heterocycles. The summed E-state index contributed by atoms with van der Waals surface area (Å²) in [5.74, 6) is 0.0236. The minimum absolute atomic E-state index is 0.0236. The molecule has 0 saturated carbocycles. The van der Waals surface area contributed by atoms with Crippen molar-refractivity contribution >= 4 is 23.0 Å². The van der Waals surface area contributed by atoms with E-state index in [0.717, 1.165) is 37.0 Å². The van der Waals surface area contributed by atoms with Gasteiger partial charge in [-0.25, -0.2) is 4.79 Å². The molecule has 2 fully saturated rings. The molecule has 0 aliphatic carbocycles. The summed E-state index contributed by atoms with van der Waals surface area (Å²) in [5, 5.41) is 10.6. The van der Waals surface area contributed by atoms with Crippen LogP contribution in [0, 0.1) is 12.3 Å². The summed E-state index contributed by atoms with van der Waals surface area (Å²) < 4.78 is 5.48. The van der Waals surface area contributed by atoms with Gasteiger partial charge in [-0.2, -0.15) is 15.4 Å². The molecule has 8 nitrogen and oxygen atoms in total. The third-order valence-electron chi connectivity index (χ3n) is 6.47. The summed E-state index contributed by atoms with van der Waals surface area (Å²) in [6.07, 6.45) is 1.51. The number of piperidine rings is 1. The molecule has 2 aromatic carbocycles. The number of ether oxygens (including phenoxy) is 1. The lowest BCUT2D eigenvalue weighted by Gasteiger charge is -2.53. The van der Waals surface area contributed by atoms with Crippen LogP contribution in [0.25, 0.3) is 11.0 Å². The number of rotatable bonds is 3. The Balaban J connectivity index is 1.11. The quantitative estimate of drug-likeness (QED) is 0.704. The van der Waals surface area contributed by atoms with Crippen molar-refractivity contribution in [3.8, 4) is 0 Å². The van der Waals surface area contributed by atoms with Crippen LogP contribution in [0.2, 0.25) is 0 Å². The van der Waals surface area contributed by atoms with E-state index in [1.165, 1.54) is 5.56 Å². The first-order chi connectivity index (χ1) is 15.0. The van der Waals surface area contributed by atoms with Crippen molar-refractivity contribution in [2.75, 3.05) is 26.2 Å². The number of aromatic amines is 1. The van der Waals surface area contributed by atoms with Crippen LogP contribution in [0.4, 0.5) is 4.79 Å². The molecule has 1 spiro atoms. The van der Waals surface area contributed by atoms with E-state index in [4.69, 9.17) is 4.74 Å². The van der Waals surface area contributed by atoms with Crippen LogP contribution in [-0.2, 0) is 11.3 Å². The van der Waals surface area contributed by atoms with Crippen LogP contribution in [0.3, 0.4) is 0 Å². The molecule has 0 radical (unpaired) electrons. The van der Waals surface area contributed by atoms with Gasteiger partial charge in [0.05, 0.1) is 0 Å². The summed E-state index contributed by atoms with van der Waals surface area (Å²) in [6.45, 7) is 5.12. The van der Waals surface area contributed by atoms with Gasteiger partial charge in [-0.15, -0.1) is 0 Å². The highest BCUT2D eigenvalue weighted by Gasteiger charge is 2.47. The Morgan fingerprint density at radius 2 is 1.71 bits per heavy atom. The van der Waals surface area contributed by atoms with Crippen LogP contribution in [0.5, 0.6) is 0 Å². The molecule has 1 N–H and O–H groups in total. The number of nitrogens with one attached hydrogen (secondary N) is 1. The van der Waals surface area contributed by atoms with Crippen molar-refractivity contribution in [1.82, 2.24) is 25.2 Å². The van der Waals surface area contributed by atoms with E-state index >= 15 is 0 Å². The fourth-order valence-electron chi connectivity index (χ4n) is 4.46. The first-order valence-corrected chi connectivity index (χ1v) is 10.6. The van der Waals surface area contributed by atoms with Crippen LogP contribution in [0.1, 0.15) is 34.3 Å². The molecule has 0 atom stereocenters. The topological polar surface area (TPSA) is 91.4 Å². The highest BCUT2D eigenvalue weighted by Crippen LogP contribution is 2.41. The van der Waals surface area contributed by atoms with Crippen molar-refractivity contribution in [2.45, 2.75) is 26.4 Å². The summed E-state index contributed by atoms with van der Waals surface area (Å²) in [5.41, 5.74) is 4.36. The number of aromatic nitrogens is 3. The van der Waals surface area contributed by atoms with Crippen molar-refractivity contribution in [3.63, 3.8) is 0 Å². The van der Waals surface area contributed by atoms with Gasteiger partial charge >= 0.3 is 6.09 Å². The number of hydrogen-bond acceptors (Lipinski definition) is 5. The Morgan fingerprint density at radius 3 is 2.45 bits per heavy atom. The Labute approximate surface area is 180 Å². The van der Waals surface area contributed by atoms with Crippen molar-refractivity contribution < 1.29 is 14.3 Å². The summed E-state index contributed by atoms with van der Waals surface area (Å²) in [4.78, 5) is 28.9. The third kappa shape index (κ3) is 3.85. The molecule has 160 valence electrons. The van der Waals surface area contributed by atoms with Gasteiger partial charge in [-0.05, 0) is 43.5 Å². The van der Waals surface area contributed by atoms with Gasteiger partial charge in [0, 0.05) is 37.2 Å². The minimum Gasteiger partial charge on any atom is -0.445 e. The van der Waals surface area contributed by atoms with Crippen molar-refractivity contribution in [3.05, 3.63) is 59.2 Å². The first-order valence-electron chi connectivity index (χ1n) is 10.6. The highest BCUT2D eigenvalue weighted by molar-refractivity contribution is 5.97. The molecule has 8 heteroatoms. The molecule has 31 heavy (non-hydrogen) atoms. The van der Waals surface area contributed by atoms with Gasteiger partial charge in [0.15, 0.2) is 0 Å². The maximum Gasteiger partial charge on any atom is 0.410 e. The van der Waals surface area contributed by atoms with Crippen LogP contribution in [0.15, 0.2) is 42.5 Å². The van der Waals surface area contributed by atoms with E-state index in [9.17, 15) is 9.59 Å². The van der Waals surface area contributed by atoms with E-state index in [1.54, 1.807) is 17.0 Å². The Morgan fingerprint density at radius 1 is 1.00 bits per heavy atom. The number of amides is 2. The van der Waals surface area contributed by atoms with Gasteiger partial charge in [0.25, 0.3) is 5.91 Å². The number of aryl methyl sites for hydroxylation is 1.